The van der Waals surface area contributed by atoms with Crippen molar-refractivity contribution >= 4 is 34.6 Å². The van der Waals surface area contributed by atoms with Crippen molar-refractivity contribution in [3.8, 4) is 0 Å². The topological polar surface area (TPSA) is 95.8 Å². The lowest BCUT2D eigenvalue weighted by molar-refractivity contribution is -0.120. The molecule has 2 fully saturated rings. The third-order valence-corrected chi connectivity index (χ3v) is 5.85. The maximum Gasteiger partial charge on any atom is 0.328 e. The molecule has 1 N–H and O–H groups in total. The summed E-state index contributed by atoms with van der Waals surface area (Å²) < 4.78 is 5.94. The van der Waals surface area contributed by atoms with Gasteiger partial charge in [0, 0.05) is 26.1 Å². The summed E-state index contributed by atoms with van der Waals surface area (Å²) in [7, 11) is 0. The number of likely N-dealkylation sites (tertiary alicyclic amines) is 1. The molecule has 158 valence electrons. The molecule has 3 heterocycles. The summed E-state index contributed by atoms with van der Waals surface area (Å²) in [5.41, 5.74) is 2.53. The van der Waals surface area contributed by atoms with Crippen LogP contribution in [0.5, 0.6) is 0 Å². The zero-order chi connectivity index (χ0) is 21.4. The van der Waals surface area contributed by atoms with Crippen LogP contribution < -0.4 is 10.2 Å². The van der Waals surface area contributed by atoms with Gasteiger partial charge in [0.1, 0.15) is 5.52 Å². The Hall–Kier alpha value is -3.68. The molecular formula is C23H22N4O4. The molecule has 2 saturated heterocycles. The molecule has 2 aliphatic rings. The molecule has 2 aliphatic heterocycles. The van der Waals surface area contributed by atoms with Gasteiger partial charge in [-0.1, -0.05) is 24.3 Å². The summed E-state index contributed by atoms with van der Waals surface area (Å²) in [6.07, 6.45) is 1.95. The van der Waals surface area contributed by atoms with Crippen LogP contribution in [0.3, 0.4) is 0 Å². The van der Waals surface area contributed by atoms with Gasteiger partial charge in [-0.15, -0.1) is 0 Å². The number of piperidine rings is 1. The lowest BCUT2D eigenvalue weighted by atomic mass is 9.97. The molecule has 0 saturated carbocycles. The van der Waals surface area contributed by atoms with Crippen molar-refractivity contribution in [2.75, 3.05) is 24.5 Å². The molecule has 0 radical (unpaired) electrons. The third-order valence-electron chi connectivity index (χ3n) is 5.85. The standard InChI is InChI=1S/C23H22N4O4/c28-20-11-13-27(23(30)25-20)18-9-3-1-7-16(18)22(29)26-12-5-6-15(14-26)21-24-17-8-2-4-10-19(17)31-21/h1-4,7-10,15H,5-6,11-14H2,(H,25,28,30). The summed E-state index contributed by atoms with van der Waals surface area (Å²) >= 11 is 0. The number of anilines is 1. The van der Waals surface area contributed by atoms with E-state index in [4.69, 9.17) is 4.42 Å². The van der Waals surface area contributed by atoms with E-state index in [1.165, 1.54) is 4.90 Å². The van der Waals surface area contributed by atoms with Gasteiger partial charge in [-0.2, -0.15) is 0 Å². The fraction of sp³-hybridized carbons (Fsp3) is 0.304. The van der Waals surface area contributed by atoms with Gasteiger partial charge in [-0.25, -0.2) is 9.78 Å². The van der Waals surface area contributed by atoms with Crippen molar-refractivity contribution in [2.45, 2.75) is 25.2 Å². The first-order chi connectivity index (χ1) is 15.1. The van der Waals surface area contributed by atoms with Gasteiger partial charge in [-0.05, 0) is 37.1 Å². The van der Waals surface area contributed by atoms with Crippen molar-refractivity contribution < 1.29 is 18.8 Å². The van der Waals surface area contributed by atoms with E-state index in [2.05, 4.69) is 10.3 Å². The highest BCUT2D eigenvalue weighted by atomic mass is 16.3. The number of nitrogens with zero attached hydrogens (tertiary/aromatic N) is 3. The molecule has 8 heteroatoms. The normalized spacial score (nSPS) is 19.5. The van der Waals surface area contributed by atoms with Crippen LogP contribution >= 0.6 is 0 Å². The predicted molar refractivity (Wildman–Crippen MR) is 114 cm³/mol. The smallest absolute Gasteiger partial charge is 0.328 e. The van der Waals surface area contributed by atoms with E-state index in [1.54, 1.807) is 29.2 Å². The summed E-state index contributed by atoms with van der Waals surface area (Å²) in [5, 5.41) is 2.32. The lowest BCUT2D eigenvalue weighted by Crippen LogP contribution is -2.50. The van der Waals surface area contributed by atoms with E-state index in [0.29, 0.717) is 30.2 Å². The number of hydrogen-bond donors (Lipinski definition) is 1. The minimum absolute atomic E-state index is 0.0215. The Morgan fingerprint density at radius 3 is 2.71 bits per heavy atom. The number of nitrogens with one attached hydrogen (secondary N) is 1. The minimum Gasteiger partial charge on any atom is -0.440 e. The highest BCUT2D eigenvalue weighted by molar-refractivity contribution is 6.09. The van der Waals surface area contributed by atoms with E-state index < -0.39 is 6.03 Å². The number of rotatable bonds is 3. The first kappa shape index (κ1) is 19.3. The molecule has 31 heavy (non-hydrogen) atoms. The van der Waals surface area contributed by atoms with Crippen molar-refractivity contribution in [1.82, 2.24) is 15.2 Å². The summed E-state index contributed by atoms with van der Waals surface area (Å²) in [4.78, 5) is 45.1. The van der Waals surface area contributed by atoms with E-state index in [0.717, 1.165) is 23.9 Å². The second kappa shape index (κ2) is 7.86. The average molecular weight is 418 g/mol. The van der Waals surface area contributed by atoms with Crippen molar-refractivity contribution in [3.63, 3.8) is 0 Å². The predicted octanol–water partition coefficient (Wildman–Crippen LogP) is 3.29. The number of urea groups is 1. The van der Waals surface area contributed by atoms with Crippen molar-refractivity contribution in [2.24, 2.45) is 0 Å². The SMILES string of the molecule is O=C1CCN(c2ccccc2C(=O)N2CCCC(c3nc4ccccc4o3)C2)C(=O)N1. The maximum absolute atomic E-state index is 13.4. The van der Waals surface area contributed by atoms with Gasteiger partial charge >= 0.3 is 6.03 Å². The Labute approximate surface area is 178 Å². The van der Waals surface area contributed by atoms with E-state index >= 15 is 0 Å². The number of fused-ring (bicyclic) bond motifs is 1. The van der Waals surface area contributed by atoms with Crippen molar-refractivity contribution in [1.29, 1.82) is 0 Å². The maximum atomic E-state index is 13.4. The molecule has 2 aromatic carbocycles. The quantitative estimate of drug-likeness (QED) is 0.704. The van der Waals surface area contributed by atoms with Gasteiger partial charge in [-0.3, -0.25) is 19.8 Å². The largest absolute Gasteiger partial charge is 0.440 e. The number of carbonyl (C=O) groups excluding carboxylic acids is 3. The molecule has 1 atom stereocenters. The number of aromatic nitrogens is 1. The van der Waals surface area contributed by atoms with Crippen molar-refractivity contribution in [3.05, 3.63) is 60.0 Å². The van der Waals surface area contributed by atoms with Gasteiger partial charge in [0.25, 0.3) is 5.91 Å². The number of imide groups is 1. The lowest BCUT2D eigenvalue weighted by Gasteiger charge is -2.33. The van der Waals surface area contributed by atoms with Gasteiger partial charge < -0.3 is 9.32 Å². The molecule has 8 nitrogen and oxygen atoms in total. The molecule has 4 amide bonds. The molecule has 5 rings (SSSR count). The van der Waals surface area contributed by atoms with Crippen LogP contribution in [0.25, 0.3) is 11.1 Å². The van der Waals surface area contributed by atoms with E-state index in [1.807, 2.05) is 24.3 Å². The van der Waals surface area contributed by atoms with Gasteiger partial charge in [0.15, 0.2) is 11.5 Å². The van der Waals surface area contributed by atoms with Gasteiger partial charge in [0.05, 0.1) is 17.2 Å². The molecule has 0 aliphatic carbocycles. The Morgan fingerprint density at radius 2 is 1.87 bits per heavy atom. The van der Waals surface area contributed by atoms with E-state index in [9.17, 15) is 14.4 Å². The Morgan fingerprint density at radius 1 is 1.06 bits per heavy atom. The molecule has 3 aromatic rings. The van der Waals surface area contributed by atoms with Crippen LogP contribution in [0.4, 0.5) is 10.5 Å². The summed E-state index contributed by atoms with van der Waals surface area (Å²) in [6, 6.07) is 14.2. The molecular weight excluding hydrogens is 396 g/mol. The van der Waals surface area contributed by atoms with Crippen LogP contribution in [-0.4, -0.2) is 47.4 Å². The van der Waals surface area contributed by atoms with Gasteiger partial charge in [0.2, 0.25) is 5.91 Å². The first-order valence-corrected chi connectivity index (χ1v) is 10.5. The second-order valence-corrected chi connectivity index (χ2v) is 7.88. The average Bonchev–Trinajstić information content (AvgIpc) is 3.23. The second-order valence-electron chi connectivity index (χ2n) is 7.88. The number of oxazole rings is 1. The molecule has 1 unspecified atom stereocenters. The third kappa shape index (κ3) is 3.65. The number of carbonyl (C=O) groups is 3. The zero-order valence-corrected chi connectivity index (χ0v) is 16.9. The summed E-state index contributed by atoms with van der Waals surface area (Å²) in [6.45, 7) is 1.39. The molecule has 1 aromatic heterocycles. The number of hydrogen-bond acceptors (Lipinski definition) is 5. The highest BCUT2D eigenvalue weighted by Gasteiger charge is 2.32. The molecule has 0 spiro atoms. The Kier molecular flexibility index (Phi) is 4.89. The van der Waals surface area contributed by atoms with E-state index in [-0.39, 0.29) is 30.7 Å². The molecule has 0 bridgehead atoms. The Bertz CT molecular complexity index is 1140. The van der Waals surface area contributed by atoms with Crippen LogP contribution in [0.15, 0.2) is 52.9 Å². The zero-order valence-electron chi connectivity index (χ0n) is 16.9. The van der Waals surface area contributed by atoms with Crippen LogP contribution in [0.1, 0.15) is 41.4 Å². The first-order valence-electron chi connectivity index (χ1n) is 10.5. The van der Waals surface area contributed by atoms with Crippen LogP contribution in [-0.2, 0) is 4.79 Å². The number of benzene rings is 2. The highest BCUT2D eigenvalue weighted by Crippen LogP contribution is 2.31. The number of amides is 4. The Balaban J connectivity index is 1.39. The fourth-order valence-corrected chi connectivity index (χ4v) is 4.28. The fourth-order valence-electron chi connectivity index (χ4n) is 4.28. The minimum atomic E-state index is -0.500. The van der Waals surface area contributed by atoms with Crippen LogP contribution in [0.2, 0.25) is 0 Å². The number of para-hydroxylation sites is 3. The van der Waals surface area contributed by atoms with Crippen LogP contribution in [0, 0.1) is 0 Å². The monoisotopic (exact) mass is 418 g/mol. The summed E-state index contributed by atoms with van der Waals surface area (Å²) in [5.74, 6) is 0.234.